The van der Waals surface area contributed by atoms with E-state index in [2.05, 4.69) is 4.85 Å². The van der Waals surface area contributed by atoms with Crippen molar-refractivity contribution in [3.63, 3.8) is 0 Å². The Morgan fingerprint density at radius 1 is 1.33 bits per heavy atom. The first-order chi connectivity index (χ1) is 7.17. The Bertz CT molecular complexity index is 416. The lowest BCUT2D eigenvalue weighted by Gasteiger charge is -2.30. The van der Waals surface area contributed by atoms with E-state index in [1.165, 1.54) is 6.07 Å². The zero-order chi connectivity index (χ0) is 10.9. The molecule has 1 saturated carbocycles. The van der Waals surface area contributed by atoms with Crippen molar-refractivity contribution in [2.75, 3.05) is 0 Å². The van der Waals surface area contributed by atoms with Gasteiger partial charge < -0.3 is 4.85 Å². The number of hydrogen-bond acceptors (Lipinski definition) is 0. The lowest BCUT2D eigenvalue weighted by molar-refractivity contribution is 0.297. The van der Waals surface area contributed by atoms with Crippen LogP contribution < -0.4 is 0 Å². The molecule has 1 aliphatic carbocycles. The number of hydrogen-bond donors (Lipinski definition) is 0. The summed E-state index contributed by atoms with van der Waals surface area (Å²) in [5, 5.41) is 0. The van der Waals surface area contributed by atoms with E-state index in [-0.39, 0.29) is 0 Å². The van der Waals surface area contributed by atoms with Crippen LogP contribution >= 0.6 is 0 Å². The van der Waals surface area contributed by atoms with Gasteiger partial charge in [0.2, 0.25) is 5.54 Å². The van der Waals surface area contributed by atoms with E-state index in [1.54, 1.807) is 6.07 Å². The molecular formula is C12H11F2N. The quantitative estimate of drug-likeness (QED) is 0.655. The van der Waals surface area contributed by atoms with Gasteiger partial charge in [-0.1, -0.05) is 12.1 Å². The largest absolute Gasteiger partial charge is 0.310 e. The summed E-state index contributed by atoms with van der Waals surface area (Å²) in [6.45, 7) is 7.09. The SMILES string of the molecule is [C-]#[N+]C1(Cc2cccc(F)c2F)CCC1. The highest BCUT2D eigenvalue weighted by Crippen LogP contribution is 2.39. The fourth-order valence-corrected chi connectivity index (χ4v) is 1.95. The third kappa shape index (κ3) is 1.72. The van der Waals surface area contributed by atoms with Crippen LogP contribution in [-0.2, 0) is 6.42 Å². The summed E-state index contributed by atoms with van der Waals surface area (Å²) in [6.07, 6.45) is 2.94. The van der Waals surface area contributed by atoms with E-state index >= 15 is 0 Å². The van der Waals surface area contributed by atoms with Crippen LogP contribution in [0.5, 0.6) is 0 Å². The van der Waals surface area contributed by atoms with Crippen LogP contribution in [0.1, 0.15) is 24.8 Å². The van der Waals surface area contributed by atoms with Gasteiger partial charge >= 0.3 is 0 Å². The Morgan fingerprint density at radius 2 is 2.07 bits per heavy atom. The Balaban J connectivity index is 2.25. The van der Waals surface area contributed by atoms with Crippen molar-refractivity contribution in [1.82, 2.24) is 0 Å². The maximum absolute atomic E-state index is 13.4. The molecule has 78 valence electrons. The lowest BCUT2D eigenvalue weighted by Crippen LogP contribution is -2.35. The zero-order valence-electron chi connectivity index (χ0n) is 8.26. The fraction of sp³-hybridized carbons (Fsp3) is 0.417. The Labute approximate surface area is 87.5 Å². The molecule has 0 aliphatic heterocycles. The summed E-state index contributed by atoms with van der Waals surface area (Å²) in [4.78, 5) is 3.55. The van der Waals surface area contributed by atoms with Crippen molar-refractivity contribution in [1.29, 1.82) is 0 Å². The van der Waals surface area contributed by atoms with Gasteiger partial charge in [-0.2, -0.15) is 0 Å². The number of halogens is 2. The van der Waals surface area contributed by atoms with E-state index < -0.39 is 17.2 Å². The van der Waals surface area contributed by atoms with Gasteiger partial charge in [0.15, 0.2) is 11.6 Å². The second-order valence-electron chi connectivity index (χ2n) is 4.08. The van der Waals surface area contributed by atoms with E-state index in [1.807, 2.05) is 0 Å². The monoisotopic (exact) mass is 207 g/mol. The van der Waals surface area contributed by atoms with Gasteiger partial charge in [0.05, 0.1) is 6.42 Å². The molecule has 0 radical (unpaired) electrons. The van der Waals surface area contributed by atoms with Gasteiger partial charge in [-0.3, -0.25) is 0 Å². The first-order valence-electron chi connectivity index (χ1n) is 4.98. The van der Waals surface area contributed by atoms with Crippen LogP contribution in [0.25, 0.3) is 4.85 Å². The predicted molar refractivity (Wildman–Crippen MR) is 53.2 cm³/mol. The number of rotatable bonds is 2. The fourth-order valence-electron chi connectivity index (χ4n) is 1.95. The molecule has 1 aliphatic rings. The molecule has 2 rings (SSSR count). The van der Waals surface area contributed by atoms with Crippen LogP contribution in [0, 0.1) is 18.2 Å². The second-order valence-corrected chi connectivity index (χ2v) is 4.08. The third-order valence-electron chi connectivity index (χ3n) is 3.07. The van der Waals surface area contributed by atoms with Crippen molar-refractivity contribution >= 4 is 0 Å². The number of benzene rings is 1. The molecule has 0 atom stereocenters. The third-order valence-corrected chi connectivity index (χ3v) is 3.07. The van der Waals surface area contributed by atoms with Crippen LogP contribution in [0.15, 0.2) is 18.2 Å². The molecule has 1 nitrogen and oxygen atoms in total. The summed E-state index contributed by atoms with van der Waals surface area (Å²) in [7, 11) is 0. The van der Waals surface area contributed by atoms with Crippen molar-refractivity contribution in [3.05, 3.63) is 46.8 Å². The van der Waals surface area contributed by atoms with Crippen LogP contribution in [0.3, 0.4) is 0 Å². The van der Waals surface area contributed by atoms with Gasteiger partial charge in [0.1, 0.15) is 0 Å². The maximum atomic E-state index is 13.4. The molecule has 0 unspecified atom stereocenters. The second kappa shape index (κ2) is 3.62. The van der Waals surface area contributed by atoms with Crippen LogP contribution in [-0.4, -0.2) is 5.54 Å². The molecule has 1 aromatic carbocycles. The molecule has 0 spiro atoms. The van der Waals surface area contributed by atoms with Gasteiger partial charge in [-0.05, 0) is 18.1 Å². The molecule has 1 aromatic rings. The minimum Gasteiger partial charge on any atom is -0.310 e. The lowest BCUT2D eigenvalue weighted by atomic mass is 9.73. The molecule has 1 fully saturated rings. The van der Waals surface area contributed by atoms with E-state index in [0.717, 1.165) is 25.3 Å². The van der Waals surface area contributed by atoms with E-state index in [4.69, 9.17) is 6.57 Å². The summed E-state index contributed by atoms with van der Waals surface area (Å²) in [6, 6.07) is 4.15. The van der Waals surface area contributed by atoms with Crippen molar-refractivity contribution in [2.24, 2.45) is 0 Å². The molecule has 3 heteroatoms. The molecular weight excluding hydrogens is 196 g/mol. The summed E-state index contributed by atoms with van der Waals surface area (Å²) < 4.78 is 26.3. The molecule has 0 N–H and O–H groups in total. The van der Waals surface area contributed by atoms with E-state index in [0.29, 0.717) is 12.0 Å². The first kappa shape index (κ1) is 10.1. The van der Waals surface area contributed by atoms with Crippen LogP contribution in [0.2, 0.25) is 0 Å². The summed E-state index contributed by atoms with van der Waals surface area (Å²) >= 11 is 0. The predicted octanol–water partition coefficient (Wildman–Crippen LogP) is 3.35. The van der Waals surface area contributed by atoms with Gasteiger partial charge in [0, 0.05) is 12.8 Å². The standard InChI is InChI=1S/C12H11F2N/c1-15-12(6-3-7-12)8-9-4-2-5-10(13)11(9)14/h2,4-5H,3,6-8H2. The summed E-state index contributed by atoms with van der Waals surface area (Å²) in [5.74, 6) is -1.63. The van der Waals surface area contributed by atoms with Crippen molar-refractivity contribution < 1.29 is 8.78 Å². The molecule has 0 aromatic heterocycles. The van der Waals surface area contributed by atoms with Gasteiger partial charge in [-0.25, -0.2) is 15.4 Å². The number of nitrogens with zero attached hydrogens (tertiary/aromatic N) is 1. The molecule has 0 saturated heterocycles. The van der Waals surface area contributed by atoms with Gasteiger partial charge in [0.25, 0.3) is 0 Å². The molecule has 15 heavy (non-hydrogen) atoms. The topological polar surface area (TPSA) is 4.36 Å². The maximum Gasteiger partial charge on any atom is 0.236 e. The Morgan fingerprint density at radius 3 is 2.60 bits per heavy atom. The molecule has 0 heterocycles. The van der Waals surface area contributed by atoms with E-state index in [9.17, 15) is 8.78 Å². The summed E-state index contributed by atoms with van der Waals surface area (Å²) in [5.41, 5.74) is -0.139. The highest BCUT2D eigenvalue weighted by Gasteiger charge is 2.44. The minimum atomic E-state index is -0.827. The average Bonchev–Trinajstić information content (AvgIpc) is 2.18. The highest BCUT2D eigenvalue weighted by molar-refractivity contribution is 5.24. The molecule has 0 amide bonds. The smallest absolute Gasteiger partial charge is 0.236 e. The highest BCUT2D eigenvalue weighted by atomic mass is 19.2. The Kier molecular flexibility index (Phi) is 2.44. The minimum absolute atomic E-state index is 0.325. The van der Waals surface area contributed by atoms with Crippen molar-refractivity contribution in [3.8, 4) is 0 Å². The molecule has 0 bridgehead atoms. The van der Waals surface area contributed by atoms with Gasteiger partial charge in [-0.15, -0.1) is 0 Å². The average molecular weight is 207 g/mol. The van der Waals surface area contributed by atoms with Crippen molar-refractivity contribution in [2.45, 2.75) is 31.2 Å². The Hall–Kier alpha value is -1.43. The van der Waals surface area contributed by atoms with Crippen LogP contribution in [0.4, 0.5) is 8.78 Å². The zero-order valence-corrected chi connectivity index (χ0v) is 8.26. The normalized spacial score (nSPS) is 17.9. The first-order valence-corrected chi connectivity index (χ1v) is 4.98.